The number of benzene rings is 2. The summed E-state index contributed by atoms with van der Waals surface area (Å²) in [6.07, 6.45) is 5.03. The Kier molecular flexibility index (Phi) is 5.52. The summed E-state index contributed by atoms with van der Waals surface area (Å²) in [5, 5.41) is 3.36. The van der Waals surface area contributed by atoms with Gasteiger partial charge in [-0.3, -0.25) is 4.98 Å². The minimum atomic E-state index is -0.539. The fourth-order valence-electron chi connectivity index (χ4n) is 3.04. The third kappa shape index (κ3) is 3.91. The van der Waals surface area contributed by atoms with Crippen LogP contribution < -0.4 is 4.74 Å². The van der Waals surface area contributed by atoms with E-state index in [-0.39, 0.29) is 0 Å². The zero-order valence-electron chi connectivity index (χ0n) is 14.1. The van der Waals surface area contributed by atoms with E-state index in [2.05, 4.69) is 22.3 Å². The largest absolute Gasteiger partial charge is 0.496 e. The van der Waals surface area contributed by atoms with Gasteiger partial charge in [0, 0.05) is 18.0 Å². The van der Waals surface area contributed by atoms with Gasteiger partial charge in [-0.25, -0.2) is 0 Å². The van der Waals surface area contributed by atoms with Crippen LogP contribution in [-0.2, 0) is 12.8 Å². The van der Waals surface area contributed by atoms with Crippen molar-refractivity contribution in [3.05, 3.63) is 100 Å². The number of ether oxygens (including phenoxy) is 1. The van der Waals surface area contributed by atoms with Gasteiger partial charge in [-0.15, -0.1) is 4.91 Å². The van der Waals surface area contributed by atoms with Crippen molar-refractivity contribution in [3.63, 3.8) is 0 Å². The zero-order valence-corrected chi connectivity index (χ0v) is 14.1. The molecule has 4 heteroatoms. The van der Waals surface area contributed by atoms with Gasteiger partial charge in [0.1, 0.15) is 11.8 Å². The number of rotatable bonds is 7. The molecule has 25 heavy (non-hydrogen) atoms. The average Bonchev–Trinajstić information content (AvgIpc) is 2.69. The fourth-order valence-corrected chi connectivity index (χ4v) is 3.04. The number of hydrogen-bond acceptors (Lipinski definition) is 4. The summed E-state index contributed by atoms with van der Waals surface area (Å²) in [7, 11) is 1.68. The molecule has 0 saturated carbocycles. The Morgan fingerprint density at radius 3 is 2.40 bits per heavy atom. The van der Waals surface area contributed by atoms with Gasteiger partial charge in [-0.2, -0.15) is 0 Å². The second kappa shape index (κ2) is 8.20. The minimum Gasteiger partial charge on any atom is -0.496 e. The number of nitrogens with zero attached hydrogens (tertiary/aromatic N) is 2. The van der Waals surface area contributed by atoms with E-state index in [9.17, 15) is 4.91 Å². The molecule has 0 aliphatic heterocycles. The summed E-state index contributed by atoms with van der Waals surface area (Å²) in [6, 6.07) is 19.1. The Bertz CT molecular complexity index is 834. The third-order valence-electron chi connectivity index (χ3n) is 4.31. The molecule has 3 aromatic rings. The van der Waals surface area contributed by atoms with E-state index >= 15 is 0 Å². The summed E-state index contributed by atoms with van der Waals surface area (Å²) in [5.41, 5.74) is 4.00. The molecule has 0 aliphatic carbocycles. The van der Waals surface area contributed by atoms with Gasteiger partial charge >= 0.3 is 0 Å². The van der Waals surface area contributed by atoms with Crippen molar-refractivity contribution < 1.29 is 4.74 Å². The molecule has 1 heterocycles. The predicted molar refractivity (Wildman–Crippen MR) is 98.7 cm³/mol. The van der Waals surface area contributed by atoms with Gasteiger partial charge in [-0.1, -0.05) is 53.7 Å². The Labute approximate surface area is 147 Å². The Hall–Kier alpha value is -3.01. The van der Waals surface area contributed by atoms with Crippen molar-refractivity contribution in [2.45, 2.75) is 18.9 Å². The number of methoxy groups -OCH3 is 1. The van der Waals surface area contributed by atoms with Crippen molar-refractivity contribution in [2.75, 3.05) is 7.11 Å². The van der Waals surface area contributed by atoms with Crippen molar-refractivity contribution in [2.24, 2.45) is 5.18 Å². The lowest BCUT2D eigenvalue weighted by molar-refractivity contribution is 0.409. The van der Waals surface area contributed by atoms with Crippen LogP contribution in [-0.4, -0.2) is 12.1 Å². The van der Waals surface area contributed by atoms with Crippen LogP contribution in [0.5, 0.6) is 5.75 Å². The molecule has 1 atom stereocenters. The first-order valence-corrected chi connectivity index (χ1v) is 8.25. The van der Waals surface area contributed by atoms with Crippen LogP contribution in [0.15, 0.2) is 78.2 Å². The molecule has 126 valence electrons. The summed E-state index contributed by atoms with van der Waals surface area (Å²) in [5.74, 6) is 0.886. The first-order valence-electron chi connectivity index (χ1n) is 8.25. The molecule has 0 fully saturated rings. The molecule has 0 amide bonds. The summed E-state index contributed by atoms with van der Waals surface area (Å²) in [4.78, 5) is 15.6. The highest BCUT2D eigenvalue weighted by molar-refractivity contribution is 5.39. The van der Waals surface area contributed by atoms with Crippen LogP contribution >= 0.6 is 0 Å². The number of pyridine rings is 1. The van der Waals surface area contributed by atoms with E-state index in [1.54, 1.807) is 19.5 Å². The Balaban J connectivity index is 1.87. The second-order valence-corrected chi connectivity index (χ2v) is 5.80. The molecule has 2 aromatic carbocycles. The van der Waals surface area contributed by atoms with Crippen LogP contribution in [0.2, 0.25) is 0 Å². The van der Waals surface area contributed by atoms with Crippen LogP contribution in [0.1, 0.15) is 28.3 Å². The average molecular weight is 332 g/mol. The summed E-state index contributed by atoms with van der Waals surface area (Å²) >= 11 is 0. The van der Waals surface area contributed by atoms with Gasteiger partial charge in [0.15, 0.2) is 0 Å². The third-order valence-corrected chi connectivity index (χ3v) is 4.31. The van der Waals surface area contributed by atoms with E-state index in [0.29, 0.717) is 0 Å². The lowest BCUT2D eigenvalue weighted by atomic mass is 9.92. The maximum absolute atomic E-state index is 11.5. The van der Waals surface area contributed by atoms with Crippen LogP contribution in [0.3, 0.4) is 0 Å². The topological polar surface area (TPSA) is 51.5 Å². The van der Waals surface area contributed by atoms with Gasteiger partial charge in [0.05, 0.1) is 7.11 Å². The first-order chi connectivity index (χ1) is 12.3. The SMILES string of the molecule is COc1ccccc1CCc1ccccc1C(N=O)c1cccnc1. The van der Waals surface area contributed by atoms with Gasteiger partial charge in [0.2, 0.25) is 0 Å². The van der Waals surface area contributed by atoms with Crippen molar-refractivity contribution in [1.29, 1.82) is 0 Å². The molecular formula is C21H20N2O2. The number of aryl methyl sites for hydroxylation is 2. The smallest absolute Gasteiger partial charge is 0.144 e. The predicted octanol–water partition coefficient (Wildman–Crippen LogP) is 4.73. The van der Waals surface area contributed by atoms with E-state index < -0.39 is 6.04 Å². The highest BCUT2D eigenvalue weighted by Crippen LogP contribution is 2.29. The first kappa shape index (κ1) is 16.8. The van der Waals surface area contributed by atoms with E-state index in [1.165, 1.54) is 0 Å². The quantitative estimate of drug-likeness (QED) is 0.588. The molecule has 1 aromatic heterocycles. The van der Waals surface area contributed by atoms with E-state index in [4.69, 9.17) is 4.74 Å². The minimum absolute atomic E-state index is 0.539. The fraction of sp³-hybridized carbons (Fsp3) is 0.190. The Morgan fingerprint density at radius 2 is 1.68 bits per heavy atom. The van der Waals surface area contributed by atoms with E-state index in [0.717, 1.165) is 40.8 Å². The zero-order chi connectivity index (χ0) is 17.5. The molecular weight excluding hydrogens is 312 g/mol. The lowest BCUT2D eigenvalue weighted by Crippen LogP contribution is -2.04. The number of para-hydroxylation sites is 1. The number of nitroso groups, excluding NO2 is 1. The van der Waals surface area contributed by atoms with E-state index in [1.807, 2.05) is 48.5 Å². The maximum atomic E-state index is 11.5. The summed E-state index contributed by atoms with van der Waals surface area (Å²) in [6.45, 7) is 0. The molecule has 4 nitrogen and oxygen atoms in total. The highest BCUT2D eigenvalue weighted by Gasteiger charge is 2.18. The molecule has 0 saturated heterocycles. The molecule has 1 unspecified atom stereocenters. The maximum Gasteiger partial charge on any atom is 0.144 e. The molecule has 0 bridgehead atoms. The monoisotopic (exact) mass is 332 g/mol. The van der Waals surface area contributed by atoms with Crippen LogP contribution in [0.25, 0.3) is 0 Å². The standard InChI is InChI=1S/C21H20N2O2/c1-25-20-11-5-3-8-17(20)13-12-16-7-2-4-10-19(16)21(23-24)18-9-6-14-22-15-18/h2-11,14-15,21H,12-13H2,1H3. The molecule has 0 radical (unpaired) electrons. The van der Waals surface area contributed by atoms with Gasteiger partial charge in [0.25, 0.3) is 0 Å². The lowest BCUT2D eigenvalue weighted by Gasteiger charge is -2.15. The summed E-state index contributed by atoms with van der Waals surface area (Å²) < 4.78 is 5.43. The Morgan fingerprint density at radius 1 is 0.960 bits per heavy atom. The molecule has 0 spiro atoms. The molecule has 0 aliphatic rings. The second-order valence-electron chi connectivity index (χ2n) is 5.80. The van der Waals surface area contributed by atoms with Crippen molar-refractivity contribution >= 4 is 0 Å². The normalized spacial score (nSPS) is 11.7. The molecule has 0 N–H and O–H groups in total. The van der Waals surface area contributed by atoms with Crippen LogP contribution in [0, 0.1) is 4.91 Å². The molecule has 3 rings (SSSR count). The van der Waals surface area contributed by atoms with Crippen LogP contribution in [0.4, 0.5) is 0 Å². The number of aromatic nitrogens is 1. The number of hydrogen-bond donors (Lipinski definition) is 0. The van der Waals surface area contributed by atoms with Crippen molar-refractivity contribution in [1.82, 2.24) is 4.98 Å². The van der Waals surface area contributed by atoms with Crippen molar-refractivity contribution in [3.8, 4) is 5.75 Å². The van der Waals surface area contributed by atoms with Gasteiger partial charge in [-0.05, 0) is 41.7 Å². The highest BCUT2D eigenvalue weighted by atomic mass is 16.5. The van der Waals surface area contributed by atoms with Gasteiger partial charge < -0.3 is 4.74 Å².